The predicted octanol–water partition coefficient (Wildman–Crippen LogP) is 3.41. The average molecular weight is 298 g/mol. The number of rotatable bonds is 4. The summed E-state index contributed by atoms with van der Waals surface area (Å²) < 4.78 is 5.68. The van der Waals surface area contributed by atoms with Crippen molar-refractivity contribution in [3.05, 3.63) is 29.3 Å². The number of anilines is 1. The first-order valence-corrected chi connectivity index (χ1v) is 7.20. The Hall–Kier alpha value is -1.26. The van der Waals surface area contributed by atoms with Gasteiger partial charge in [-0.3, -0.25) is 0 Å². The van der Waals surface area contributed by atoms with Crippen LogP contribution in [0.5, 0.6) is 0 Å². The molecule has 1 saturated heterocycles. The Labute approximate surface area is 124 Å². The van der Waals surface area contributed by atoms with E-state index >= 15 is 0 Å². The van der Waals surface area contributed by atoms with Crippen LogP contribution in [0.25, 0.3) is 0 Å². The van der Waals surface area contributed by atoms with Gasteiger partial charge in [0.05, 0.1) is 16.8 Å². The number of halogens is 1. The molecule has 1 aliphatic heterocycles. The zero-order valence-electron chi connectivity index (χ0n) is 11.7. The van der Waals surface area contributed by atoms with Crippen molar-refractivity contribution in [3.63, 3.8) is 0 Å². The monoisotopic (exact) mass is 297 g/mol. The molecule has 0 saturated carbocycles. The summed E-state index contributed by atoms with van der Waals surface area (Å²) in [6, 6.07) is 7.20. The van der Waals surface area contributed by atoms with E-state index in [0.29, 0.717) is 30.2 Å². The lowest BCUT2D eigenvalue weighted by Crippen LogP contribution is -2.54. The van der Waals surface area contributed by atoms with Crippen molar-refractivity contribution in [1.29, 1.82) is 0 Å². The zero-order chi connectivity index (χ0) is 14.8. The standard InChI is InChI=1S/C15H20ClNO3/c1-10(2)13-9-15(14(18)19,7-8-20-13)17-12-6-4-3-5-11(12)16/h3-6,10,13,17H,7-9H2,1-2H3,(H,18,19). The van der Waals surface area contributed by atoms with E-state index in [1.165, 1.54) is 0 Å². The Morgan fingerprint density at radius 3 is 2.80 bits per heavy atom. The van der Waals surface area contributed by atoms with Crippen LogP contribution in [0.4, 0.5) is 5.69 Å². The summed E-state index contributed by atoms with van der Waals surface area (Å²) in [6.45, 7) is 4.52. The van der Waals surface area contributed by atoms with Crippen LogP contribution in [0.15, 0.2) is 24.3 Å². The van der Waals surface area contributed by atoms with Gasteiger partial charge in [0.2, 0.25) is 0 Å². The number of para-hydroxylation sites is 1. The van der Waals surface area contributed by atoms with Gasteiger partial charge in [-0.2, -0.15) is 0 Å². The average Bonchev–Trinajstić information content (AvgIpc) is 2.41. The third kappa shape index (κ3) is 3.07. The molecule has 2 unspecified atom stereocenters. The fraction of sp³-hybridized carbons (Fsp3) is 0.533. The molecule has 2 N–H and O–H groups in total. The molecule has 0 amide bonds. The minimum absolute atomic E-state index is 0.0603. The highest BCUT2D eigenvalue weighted by atomic mass is 35.5. The second-order valence-corrected chi connectivity index (χ2v) is 6.01. The first-order chi connectivity index (χ1) is 9.44. The number of aliphatic carboxylic acids is 1. The molecule has 1 aromatic carbocycles. The highest BCUT2D eigenvalue weighted by Crippen LogP contribution is 2.34. The minimum Gasteiger partial charge on any atom is -0.480 e. The molecule has 2 atom stereocenters. The van der Waals surface area contributed by atoms with E-state index in [0.717, 1.165) is 0 Å². The highest BCUT2D eigenvalue weighted by molar-refractivity contribution is 6.33. The Morgan fingerprint density at radius 1 is 1.50 bits per heavy atom. The molecule has 5 heteroatoms. The Bertz CT molecular complexity index is 492. The zero-order valence-corrected chi connectivity index (χ0v) is 12.5. The topological polar surface area (TPSA) is 58.6 Å². The number of carboxylic acids is 1. The van der Waals surface area contributed by atoms with Gasteiger partial charge >= 0.3 is 5.97 Å². The SMILES string of the molecule is CC(C)C1CC(Nc2ccccc2Cl)(C(=O)O)CCO1. The van der Waals surface area contributed by atoms with E-state index in [1.54, 1.807) is 12.1 Å². The van der Waals surface area contributed by atoms with Gasteiger partial charge in [0, 0.05) is 19.4 Å². The number of hydrogen-bond acceptors (Lipinski definition) is 3. The third-order valence-corrected chi connectivity index (χ3v) is 4.14. The second-order valence-electron chi connectivity index (χ2n) is 5.60. The Morgan fingerprint density at radius 2 is 2.20 bits per heavy atom. The molecule has 20 heavy (non-hydrogen) atoms. The normalized spacial score (nSPS) is 26.5. The molecular weight excluding hydrogens is 278 g/mol. The van der Waals surface area contributed by atoms with E-state index in [2.05, 4.69) is 5.32 Å². The van der Waals surface area contributed by atoms with E-state index in [1.807, 2.05) is 26.0 Å². The summed E-state index contributed by atoms with van der Waals surface area (Å²) in [7, 11) is 0. The van der Waals surface area contributed by atoms with Crippen LogP contribution in [-0.2, 0) is 9.53 Å². The van der Waals surface area contributed by atoms with Crippen molar-refractivity contribution in [3.8, 4) is 0 Å². The van der Waals surface area contributed by atoms with E-state index in [-0.39, 0.29) is 12.0 Å². The Kier molecular flexibility index (Phi) is 4.55. The van der Waals surface area contributed by atoms with Crippen LogP contribution in [0.2, 0.25) is 5.02 Å². The first-order valence-electron chi connectivity index (χ1n) is 6.82. The molecule has 0 aromatic heterocycles. The van der Waals surface area contributed by atoms with Crippen LogP contribution < -0.4 is 5.32 Å². The molecule has 1 heterocycles. The molecule has 0 bridgehead atoms. The van der Waals surface area contributed by atoms with Crippen LogP contribution in [0.3, 0.4) is 0 Å². The molecule has 0 radical (unpaired) electrons. The summed E-state index contributed by atoms with van der Waals surface area (Å²) in [6.07, 6.45) is 0.803. The summed E-state index contributed by atoms with van der Waals surface area (Å²) in [5.74, 6) is -0.576. The van der Waals surface area contributed by atoms with Gasteiger partial charge in [-0.05, 0) is 18.1 Å². The number of carbonyl (C=O) groups is 1. The lowest BCUT2D eigenvalue weighted by molar-refractivity contribution is -0.149. The number of ether oxygens (including phenoxy) is 1. The van der Waals surface area contributed by atoms with Crippen molar-refractivity contribution >= 4 is 23.3 Å². The lowest BCUT2D eigenvalue weighted by Gasteiger charge is -2.40. The van der Waals surface area contributed by atoms with Crippen molar-refractivity contribution < 1.29 is 14.6 Å². The largest absolute Gasteiger partial charge is 0.480 e. The van der Waals surface area contributed by atoms with Crippen molar-refractivity contribution in [1.82, 2.24) is 0 Å². The lowest BCUT2D eigenvalue weighted by atomic mass is 9.83. The fourth-order valence-electron chi connectivity index (χ4n) is 2.50. The van der Waals surface area contributed by atoms with Crippen LogP contribution in [-0.4, -0.2) is 29.3 Å². The number of nitrogens with one attached hydrogen (secondary N) is 1. The Balaban J connectivity index is 2.26. The number of benzene rings is 1. The van der Waals surface area contributed by atoms with Crippen molar-refractivity contribution in [2.45, 2.75) is 38.3 Å². The number of carboxylic acid groups (broad SMARTS) is 1. The first kappa shape index (κ1) is 15.1. The highest BCUT2D eigenvalue weighted by Gasteiger charge is 2.44. The second kappa shape index (κ2) is 6.02. The van der Waals surface area contributed by atoms with Gasteiger partial charge in [0.1, 0.15) is 5.54 Å². The van der Waals surface area contributed by atoms with Gasteiger partial charge in [0.15, 0.2) is 0 Å². The third-order valence-electron chi connectivity index (χ3n) is 3.81. The van der Waals surface area contributed by atoms with Crippen LogP contribution >= 0.6 is 11.6 Å². The van der Waals surface area contributed by atoms with Crippen molar-refractivity contribution in [2.75, 3.05) is 11.9 Å². The maximum atomic E-state index is 11.8. The fourth-order valence-corrected chi connectivity index (χ4v) is 2.68. The predicted molar refractivity (Wildman–Crippen MR) is 79.3 cm³/mol. The van der Waals surface area contributed by atoms with Gasteiger partial charge in [-0.15, -0.1) is 0 Å². The maximum Gasteiger partial charge on any atom is 0.329 e. The summed E-state index contributed by atoms with van der Waals surface area (Å²) in [4.78, 5) is 11.8. The molecule has 0 spiro atoms. The van der Waals surface area contributed by atoms with Gasteiger partial charge < -0.3 is 15.2 Å². The summed E-state index contributed by atoms with van der Waals surface area (Å²) in [5.41, 5.74) is -0.362. The van der Waals surface area contributed by atoms with E-state index in [9.17, 15) is 9.90 Å². The molecule has 2 rings (SSSR count). The minimum atomic E-state index is -1.02. The van der Waals surface area contributed by atoms with Gasteiger partial charge in [0.25, 0.3) is 0 Å². The summed E-state index contributed by atoms with van der Waals surface area (Å²) in [5, 5.41) is 13.3. The van der Waals surface area contributed by atoms with Crippen LogP contribution in [0, 0.1) is 5.92 Å². The molecular formula is C15H20ClNO3. The van der Waals surface area contributed by atoms with Crippen molar-refractivity contribution in [2.24, 2.45) is 5.92 Å². The van der Waals surface area contributed by atoms with Gasteiger partial charge in [-0.1, -0.05) is 37.6 Å². The van der Waals surface area contributed by atoms with E-state index in [4.69, 9.17) is 16.3 Å². The van der Waals surface area contributed by atoms with E-state index < -0.39 is 11.5 Å². The molecule has 0 aliphatic carbocycles. The molecule has 4 nitrogen and oxygen atoms in total. The van der Waals surface area contributed by atoms with Crippen LogP contribution in [0.1, 0.15) is 26.7 Å². The smallest absolute Gasteiger partial charge is 0.329 e. The molecule has 1 aliphatic rings. The quantitative estimate of drug-likeness (QED) is 0.894. The molecule has 1 aromatic rings. The molecule has 110 valence electrons. The summed E-state index contributed by atoms with van der Waals surface area (Å²) >= 11 is 6.12. The number of hydrogen-bond donors (Lipinski definition) is 2. The molecule has 1 fully saturated rings. The van der Waals surface area contributed by atoms with Gasteiger partial charge in [-0.25, -0.2) is 4.79 Å². The maximum absolute atomic E-state index is 11.8.